The van der Waals surface area contributed by atoms with E-state index in [1.54, 1.807) is 18.3 Å². The van der Waals surface area contributed by atoms with Crippen LogP contribution in [-0.2, 0) is 30.8 Å². The summed E-state index contributed by atoms with van der Waals surface area (Å²) in [5, 5.41) is 0. The van der Waals surface area contributed by atoms with Crippen LogP contribution in [0.15, 0.2) is 41.6 Å². The highest BCUT2D eigenvalue weighted by Gasteiger charge is 2.23. The molecule has 0 N–H and O–H groups in total. The van der Waals surface area contributed by atoms with Crippen molar-refractivity contribution in [1.29, 1.82) is 0 Å². The summed E-state index contributed by atoms with van der Waals surface area (Å²) in [6, 6.07) is 4.91. The van der Waals surface area contributed by atoms with Crippen LogP contribution >= 0.6 is 0 Å². The summed E-state index contributed by atoms with van der Waals surface area (Å²) < 4.78 is 1.44. The molecule has 0 saturated carbocycles. The number of rotatable bonds is 4. The fraction of sp³-hybridized carbons (Fsp3) is 0.389. The number of fused-ring (bicyclic) bond motifs is 1. The first-order valence-electron chi connectivity index (χ1n) is 8.07. The summed E-state index contributed by atoms with van der Waals surface area (Å²) in [4.78, 5) is 32.5. The van der Waals surface area contributed by atoms with Crippen molar-refractivity contribution in [3.8, 4) is 0 Å². The van der Waals surface area contributed by atoms with E-state index in [1.807, 2.05) is 31.4 Å². The first-order valence-corrected chi connectivity index (χ1v) is 8.07. The fourth-order valence-corrected chi connectivity index (χ4v) is 3.09. The minimum atomic E-state index is -0.154. The Morgan fingerprint density at radius 1 is 1.29 bits per heavy atom. The van der Waals surface area contributed by atoms with Gasteiger partial charge in [0.15, 0.2) is 0 Å². The van der Waals surface area contributed by atoms with Gasteiger partial charge < -0.3 is 14.4 Å². The Morgan fingerprint density at radius 2 is 2.12 bits per heavy atom. The van der Waals surface area contributed by atoms with Crippen LogP contribution in [0.3, 0.4) is 0 Å². The van der Waals surface area contributed by atoms with Crippen molar-refractivity contribution in [3.63, 3.8) is 0 Å². The topological polar surface area (TPSA) is 58.4 Å². The third-order valence-corrected chi connectivity index (χ3v) is 4.27. The van der Waals surface area contributed by atoms with E-state index in [0.29, 0.717) is 13.1 Å². The van der Waals surface area contributed by atoms with Crippen LogP contribution in [0, 0.1) is 0 Å². The van der Waals surface area contributed by atoms with Gasteiger partial charge in [-0.15, -0.1) is 0 Å². The number of pyridine rings is 2. The second-order valence-corrected chi connectivity index (χ2v) is 6.41. The molecule has 24 heavy (non-hydrogen) atoms. The van der Waals surface area contributed by atoms with E-state index in [9.17, 15) is 9.59 Å². The first-order chi connectivity index (χ1) is 11.5. The second kappa shape index (κ2) is 6.97. The average Bonchev–Trinajstić information content (AvgIpc) is 2.56. The quantitative estimate of drug-likeness (QED) is 0.837. The summed E-state index contributed by atoms with van der Waals surface area (Å²) in [5.74, 6) is -0.0352. The Balaban J connectivity index is 1.74. The largest absolute Gasteiger partial charge is 0.336 e. The van der Waals surface area contributed by atoms with E-state index >= 15 is 0 Å². The molecule has 0 bridgehead atoms. The summed E-state index contributed by atoms with van der Waals surface area (Å²) in [6.45, 7) is 2.17. The SMILES string of the molecule is CN(C)Cc1cncc2c1CCN(C(=O)Cn1ccccc1=O)C2. The number of amides is 1. The Labute approximate surface area is 141 Å². The summed E-state index contributed by atoms with van der Waals surface area (Å²) in [5.41, 5.74) is 3.48. The zero-order valence-electron chi connectivity index (χ0n) is 14.1. The maximum Gasteiger partial charge on any atom is 0.250 e. The zero-order chi connectivity index (χ0) is 17.1. The van der Waals surface area contributed by atoms with Crippen molar-refractivity contribution in [2.24, 2.45) is 0 Å². The number of carbonyl (C=O) groups is 1. The molecule has 0 unspecified atom stereocenters. The molecule has 0 saturated heterocycles. The van der Waals surface area contributed by atoms with Crippen LogP contribution in [0.4, 0.5) is 0 Å². The maximum absolute atomic E-state index is 12.5. The Morgan fingerprint density at radius 3 is 2.88 bits per heavy atom. The molecule has 126 valence electrons. The molecule has 6 nitrogen and oxygen atoms in total. The number of hydrogen-bond donors (Lipinski definition) is 0. The van der Waals surface area contributed by atoms with Crippen molar-refractivity contribution in [1.82, 2.24) is 19.4 Å². The smallest absolute Gasteiger partial charge is 0.250 e. The number of aromatic nitrogens is 2. The van der Waals surface area contributed by atoms with Crippen LogP contribution in [-0.4, -0.2) is 45.9 Å². The van der Waals surface area contributed by atoms with E-state index in [4.69, 9.17) is 0 Å². The highest BCUT2D eigenvalue weighted by molar-refractivity contribution is 5.76. The molecule has 2 aromatic heterocycles. The molecule has 0 fully saturated rings. The van der Waals surface area contributed by atoms with Crippen LogP contribution in [0.5, 0.6) is 0 Å². The summed E-state index contributed by atoms with van der Waals surface area (Å²) >= 11 is 0. The van der Waals surface area contributed by atoms with Crippen molar-refractivity contribution in [2.45, 2.75) is 26.1 Å². The lowest BCUT2D eigenvalue weighted by Gasteiger charge is -2.30. The first kappa shape index (κ1) is 16.4. The van der Waals surface area contributed by atoms with Crippen molar-refractivity contribution >= 4 is 5.91 Å². The molecule has 0 spiro atoms. The van der Waals surface area contributed by atoms with Gasteiger partial charge in [0.05, 0.1) is 0 Å². The maximum atomic E-state index is 12.5. The summed E-state index contributed by atoms with van der Waals surface area (Å²) in [7, 11) is 4.07. The van der Waals surface area contributed by atoms with Crippen LogP contribution in [0.25, 0.3) is 0 Å². The van der Waals surface area contributed by atoms with Crippen LogP contribution in [0.2, 0.25) is 0 Å². The molecule has 1 amide bonds. The van der Waals surface area contributed by atoms with Gasteiger partial charge in [0.25, 0.3) is 5.56 Å². The van der Waals surface area contributed by atoms with Gasteiger partial charge in [-0.05, 0) is 43.3 Å². The van der Waals surface area contributed by atoms with E-state index in [1.165, 1.54) is 21.8 Å². The molecule has 0 atom stereocenters. The lowest BCUT2D eigenvalue weighted by atomic mass is 9.97. The van der Waals surface area contributed by atoms with E-state index in [2.05, 4.69) is 9.88 Å². The molecular formula is C18H22N4O2. The molecule has 6 heteroatoms. The molecule has 2 aromatic rings. The van der Waals surface area contributed by atoms with Crippen molar-refractivity contribution < 1.29 is 4.79 Å². The highest BCUT2D eigenvalue weighted by Crippen LogP contribution is 2.22. The Kier molecular flexibility index (Phi) is 4.76. The third-order valence-electron chi connectivity index (χ3n) is 4.27. The van der Waals surface area contributed by atoms with Gasteiger partial charge in [0, 0.05) is 44.3 Å². The molecule has 3 rings (SSSR count). The Bertz CT molecular complexity index is 798. The Hall–Kier alpha value is -2.47. The lowest BCUT2D eigenvalue weighted by molar-refractivity contribution is -0.132. The molecule has 3 heterocycles. The van der Waals surface area contributed by atoms with E-state index < -0.39 is 0 Å². The van der Waals surface area contributed by atoms with Gasteiger partial charge >= 0.3 is 0 Å². The van der Waals surface area contributed by atoms with E-state index in [0.717, 1.165) is 18.5 Å². The van der Waals surface area contributed by atoms with Gasteiger partial charge in [0.2, 0.25) is 5.91 Å². The summed E-state index contributed by atoms with van der Waals surface area (Å²) in [6.07, 6.45) is 6.24. The minimum absolute atomic E-state index is 0.0352. The van der Waals surface area contributed by atoms with Gasteiger partial charge in [-0.3, -0.25) is 14.6 Å². The van der Waals surface area contributed by atoms with Gasteiger partial charge in [-0.25, -0.2) is 0 Å². The molecule has 0 aromatic carbocycles. The molecule has 0 radical (unpaired) electrons. The van der Waals surface area contributed by atoms with Gasteiger partial charge in [-0.2, -0.15) is 0 Å². The van der Waals surface area contributed by atoms with Crippen molar-refractivity contribution in [3.05, 3.63) is 63.8 Å². The second-order valence-electron chi connectivity index (χ2n) is 6.41. The van der Waals surface area contributed by atoms with E-state index in [-0.39, 0.29) is 18.0 Å². The lowest BCUT2D eigenvalue weighted by Crippen LogP contribution is -2.40. The predicted octanol–water partition coefficient (Wildman–Crippen LogP) is 0.890. The highest BCUT2D eigenvalue weighted by atomic mass is 16.2. The standard InChI is InChI=1S/C18H22N4O2/c1-20(2)11-14-9-19-10-15-12-22(8-6-16(14)15)18(24)13-21-7-4-3-5-17(21)23/h3-5,7,9-10H,6,8,11-13H2,1-2H3. The minimum Gasteiger partial charge on any atom is -0.336 e. The molecule has 1 aliphatic rings. The normalized spacial score (nSPS) is 13.9. The van der Waals surface area contributed by atoms with Gasteiger partial charge in [-0.1, -0.05) is 6.07 Å². The van der Waals surface area contributed by atoms with Crippen molar-refractivity contribution in [2.75, 3.05) is 20.6 Å². The number of nitrogens with zero attached hydrogens (tertiary/aromatic N) is 4. The molecular weight excluding hydrogens is 304 g/mol. The van der Waals surface area contributed by atoms with Gasteiger partial charge in [0.1, 0.15) is 6.54 Å². The third kappa shape index (κ3) is 3.54. The monoisotopic (exact) mass is 326 g/mol. The predicted molar refractivity (Wildman–Crippen MR) is 91.5 cm³/mol. The fourth-order valence-electron chi connectivity index (χ4n) is 3.09. The number of hydrogen-bond acceptors (Lipinski definition) is 4. The zero-order valence-corrected chi connectivity index (χ0v) is 14.1. The molecule has 1 aliphatic heterocycles. The number of carbonyl (C=O) groups excluding carboxylic acids is 1. The molecule has 0 aliphatic carbocycles. The average molecular weight is 326 g/mol. The van der Waals surface area contributed by atoms with Crippen LogP contribution in [0.1, 0.15) is 16.7 Å². The van der Waals surface area contributed by atoms with Crippen LogP contribution < -0.4 is 5.56 Å².